The second-order valence-electron chi connectivity index (χ2n) is 8.65. The molecule has 0 aromatic carbocycles. The first-order valence-electron chi connectivity index (χ1n) is 12.3. The van der Waals surface area contributed by atoms with Crippen molar-refractivity contribution in [3.8, 4) is 11.3 Å². The largest absolute Gasteiger partial charge is 0.261 e. The highest BCUT2D eigenvalue weighted by molar-refractivity contribution is 5.73. The smallest absolute Gasteiger partial charge is 0.0900 e. The molecular weight excluding hydrogens is 428 g/mol. The highest BCUT2D eigenvalue weighted by Gasteiger charge is 2.02. The van der Waals surface area contributed by atoms with E-state index in [-0.39, 0.29) is 0 Å². The normalized spacial score (nSPS) is 11.3. The lowest BCUT2D eigenvalue weighted by atomic mass is 10.0. The number of nitrogens with zero attached hydrogens (tertiary/aromatic N) is 4. The standard InChI is InChI=1S/C19H25N.C12H13N3/c1-6-8-16(5)13-17-10-11-19(20-14-17)18(9-7-2)12-15(3)4;1-2-3-11-5-4-10(8-15-11)12-9-13-6-7-14-12/h7-12,14H,2,6,13H2,1,3-5H3;4-9H,2-3H2,1H3/b16-8+,18-9+;. The van der Waals surface area contributed by atoms with Crippen LogP contribution in [0.4, 0.5) is 0 Å². The van der Waals surface area contributed by atoms with Crippen LogP contribution in [-0.4, -0.2) is 19.9 Å². The number of aryl methyl sites for hydroxylation is 1. The molecule has 4 heteroatoms. The lowest BCUT2D eigenvalue weighted by Gasteiger charge is -2.05. The third-order valence-electron chi connectivity index (χ3n) is 5.09. The summed E-state index contributed by atoms with van der Waals surface area (Å²) in [6, 6.07) is 8.34. The van der Waals surface area contributed by atoms with Gasteiger partial charge in [0.1, 0.15) is 0 Å². The lowest BCUT2D eigenvalue weighted by Crippen LogP contribution is -1.92. The number of aromatic nitrogens is 4. The van der Waals surface area contributed by atoms with Crippen molar-refractivity contribution in [2.45, 2.75) is 60.3 Å². The lowest BCUT2D eigenvalue weighted by molar-refractivity contribution is 0.883. The van der Waals surface area contributed by atoms with Crippen molar-refractivity contribution in [2.75, 3.05) is 0 Å². The van der Waals surface area contributed by atoms with Crippen molar-refractivity contribution in [1.82, 2.24) is 19.9 Å². The molecule has 0 fully saturated rings. The molecule has 0 N–H and O–H groups in total. The Morgan fingerprint density at radius 3 is 2.29 bits per heavy atom. The van der Waals surface area contributed by atoms with Gasteiger partial charge in [-0.25, -0.2) is 0 Å². The van der Waals surface area contributed by atoms with Crippen LogP contribution >= 0.6 is 0 Å². The minimum Gasteiger partial charge on any atom is -0.261 e. The molecule has 0 atom stereocenters. The molecule has 182 valence electrons. The monoisotopic (exact) mass is 466 g/mol. The van der Waals surface area contributed by atoms with Gasteiger partial charge in [-0.3, -0.25) is 19.9 Å². The van der Waals surface area contributed by atoms with Crippen LogP contribution in [0.3, 0.4) is 0 Å². The zero-order valence-electron chi connectivity index (χ0n) is 21.8. The van der Waals surface area contributed by atoms with Crippen molar-refractivity contribution in [1.29, 1.82) is 0 Å². The summed E-state index contributed by atoms with van der Waals surface area (Å²) in [6.45, 7) is 14.4. The van der Waals surface area contributed by atoms with Gasteiger partial charge < -0.3 is 0 Å². The fourth-order valence-electron chi connectivity index (χ4n) is 3.52. The first-order chi connectivity index (χ1) is 17.0. The van der Waals surface area contributed by atoms with E-state index in [4.69, 9.17) is 0 Å². The van der Waals surface area contributed by atoms with Gasteiger partial charge in [-0.15, -0.1) is 0 Å². The van der Waals surface area contributed by atoms with Crippen molar-refractivity contribution in [3.05, 3.63) is 114 Å². The van der Waals surface area contributed by atoms with E-state index < -0.39 is 0 Å². The predicted octanol–water partition coefficient (Wildman–Crippen LogP) is 8.01. The molecule has 0 radical (unpaired) electrons. The summed E-state index contributed by atoms with van der Waals surface area (Å²) in [6.07, 6.45) is 21.3. The fourth-order valence-corrected chi connectivity index (χ4v) is 3.52. The summed E-state index contributed by atoms with van der Waals surface area (Å²) in [5, 5.41) is 0. The molecule has 3 aromatic rings. The average molecular weight is 467 g/mol. The number of rotatable bonds is 9. The number of allylic oxidation sites excluding steroid dienone is 7. The van der Waals surface area contributed by atoms with Crippen LogP contribution in [0.5, 0.6) is 0 Å². The van der Waals surface area contributed by atoms with Crippen LogP contribution in [0.15, 0.2) is 97.3 Å². The van der Waals surface area contributed by atoms with Crippen LogP contribution in [0.1, 0.15) is 64.4 Å². The molecule has 4 nitrogen and oxygen atoms in total. The van der Waals surface area contributed by atoms with E-state index in [9.17, 15) is 0 Å². The number of hydrogen-bond acceptors (Lipinski definition) is 4. The average Bonchev–Trinajstić information content (AvgIpc) is 2.86. The summed E-state index contributed by atoms with van der Waals surface area (Å²) < 4.78 is 0. The molecule has 0 spiro atoms. The fraction of sp³-hybridized carbons (Fsp3) is 0.290. The van der Waals surface area contributed by atoms with Gasteiger partial charge in [0.2, 0.25) is 0 Å². The topological polar surface area (TPSA) is 51.6 Å². The van der Waals surface area contributed by atoms with Crippen LogP contribution < -0.4 is 0 Å². The van der Waals surface area contributed by atoms with Crippen molar-refractivity contribution < 1.29 is 0 Å². The Morgan fingerprint density at radius 2 is 1.74 bits per heavy atom. The molecule has 0 aliphatic carbocycles. The Morgan fingerprint density at radius 1 is 0.914 bits per heavy atom. The minimum absolute atomic E-state index is 0.869. The van der Waals surface area contributed by atoms with Gasteiger partial charge in [-0.1, -0.05) is 68.4 Å². The zero-order valence-corrected chi connectivity index (χ0v) is 21.8. The van der Waals surface area contributed by atoms with Gasteiger partial charge in [0.25, 0.3) is 0 Å². The molecule has 3 aromatic heterocycles. The van der Waals surface area contributed by atoms with E-state index in [2.05, 4.69) is 85.4 Å². The molecule has 0 unspecified atom stereocenters. The SMILES string of the molecule is C=C/C=C(\C=C(C)C)c1ccc(C/C(C)=C/CC)cn1.CCCc1ccc(-c2cnccn2)cn1. The van der Waals surface area contributed by atoms with Gasteiger partial charge in [0.15, 0.2) is 0 Å². The Bertz CT molecular complexity index is 1120. The van der Waals surface area contributed by atoms with E-state index in [1.165, 1.54) is 16.7 Å². The first-order valence-corrected chi connectivity index (χ1v) is 12.3. The summed E-state index contributed by atoms with van der Waals surface area (Å²) in [7, 11) is 0. The summed E-state index contributed by atoms with van der Waals surface area (Å²) in [5.41, 5.74) is 9.02. The number of hydrogen-bond donors (Lipinski definition) is 0. The molecule has 0 amide bonds. The van der Waals surface area contributed by atoms with Gasteiger partial charge >= 0.3 is 0 Å². The number of pyridine rings is 2. The molecule has 0 bridgehead atoms. The highest BCUT2D eigenvalue weighted by Crippen LogP contribution is 2.17. The third kappa shape index (κ3) is 10.0. The second kappa shape index (κ2) is 15.3. The van der Waals surface area contributed by atoms with E-state index in [0.717, 1.165) is 53.9 Å². The highest BCUT2D eigenvalue weighted by atomic mass is 14.8. The molecule has 0 aliphatic heterocycles. The Kier molecular flexibility index (Phi) is 12.0. The van der Waals surface area contributed by atoms with Gasteiger partial charge in [-0.2, -0.15) is 0 Å². The van der Waals surface area contributed by atoms with Crippen LogP contribution in [0, 0.1) is 0 Å². The maximum atomic E-state index is 4.58. The second-order valence-corrected chi connectivity index (χ2v) is 8.65. The quantitative estimate of drug-likeness (QED) is 0.237. The molecule has 3 rings (SSSR count). The molecule has 0 aliphatic rings. The van der Waals surface area contributed by atoms with E-state index in [0.29, 0.717) is 0 Å². The summed E-state index contributed by atoms with van der Waals surface area (Å²) in [5.74, 6) is 0. The summed E-state index contributed by atoms with van der Waals surface area (Å²) in [4.78, 5) is 17.2. The Balaban J connectivity index is 0.000000256. The van der Waals surface area contributed by atoms with Gasteiger partial charge in [-0.05, 0) is 63.8 Å². The third-order valence-corrected chi connectivity index (χ3v) is 5.09. The maximum Gasteiger partial charge on any atom is 0.0900 e. The van der Waals surface area contributed by atoms with E-state index >= 15 is 0 Å². The van der Waals surface area contributed by atoms with Gasteiger partial charge in [0, 0.05) is 41.6 Å². The minimum atomic E-state index is 0.869. The van der Waals surface area contributed by atoms with Crippen molar-refractivity contribution >= 4 is 5.57 Å². The van der Waals surface area contributed by atoms with Crippen molar-refractivity contribution in [2.24, 2.45) is 0 Å². The van der Waals surface area contributed by atoms with Crippen molar-refractivity contribution in [3.63, 3.8) is 0 Å². The molecule has 0 saturated heterocycles. The van der Waals surface area contributed by atoms with Crippen LogP contribution in [-0.2, 0) is 12.8 Å². The zero-order chi connectivity index (χ0) is 25.5. The van der Waals surface area contributed by atoms with Crippen LogP contribution in [0.25, 0.3) is 16.8 Å². The first kappa shape index (κ1) is 27.6. The molecule has 35 heavy (non-hydrogen) atoms. The Hall–Kier alpha value is -3.66. The van der Waals surface area contributed by atoms with E-state index in [1.54, 1.807) is 24.7 Å². The predicted molar refractivity (Wildman–Crippen MR) is 149 cm³/mol. The Labute approximate surface area is 211 Å². The molecular formula is C31H38N4. The van der Waals surface area contributed by atoms with Crippen LogP contribution in [0.2, 0.25) is 0 Å². The maximum absolute atomic E-state index is 4.58. The van der Waals surface area contributed by atoms with E-state index in [1.807, 2.05) is 30.6 Å². The molecule has 3 heterocycles. The summed E-state index contributed by atoms with van der Waals surface area (Å²) >= 11 is 0. The molecule has 0 saturated carbocycles. The van der Waals surface area contributed by atoms with Gasteiger partial charge in [0.05, 0.1) is 17.6 Å².